The highest BCUT2D eigenvalue weighted by Crippen LogP contribution is 2.39. The van der Waals surface area contributed by atoms with Crippen molar-refractivity contribution in [2.75, 3.05) is 5.32 Å². The average molecular weight is 505 g/mol. The van der Waals surface area contributed by atoms with Crippen LogP contribution in [0.3, 0.4) is 0 Å². The lowest BCUT2D eigenvalue weighted by molar-refractivity contribution is 0.0968. The normalized spacial score (nSPS) is 14.1. The quantitative estimate of drug-likeness (QED) is 0.215. The van der Waals surface area contributed by atoms with E-state index in [4.69, 9.17) is 11.6 Å². The molecule has 1 atom stereocenters. The predicted molar refractivity (Wildman–Crippen MR) is 140 cm³/mol. The van der Waals surface area contributed by atoms with E-state index >= 15 is 0 Å². The summed E-state index contributed by atoms with van der Waals surface area (Å²) in [6, 6.07) is 15.7. The summed E-state index contributed by atoms with van der Waals surface area (Å²) in [6.07, 6.45) is 4.40. The number of nitrogens with one attached hydrogen (secondary N) is 1. The molecule has 1 aromatic heterocycles. The molecule has 1 aliphatic rings. The number of hydrogen-bond donors (Lipinski definition) is 3. The van der Waals surface area contributed by atoms with Crippen LogP contribution in [0.2, 0.25) is 5.02 Å². The Kier molecular flexibility index (Phi) is 6.65. The van der Waals surface area contributed by atoms with E-state index in [1.54, 1.807) is 12.3 Å². The topological polar surface area (TPSA) is 82.5 Å². The Balaban J connectivity index is 1.60. The van der Waals surface area contributed by atoms with Crippen LogP contribution >= 0.6 is 11.6 Å². The Morgan fingerprint density at radius 3 is 2.56 bits per heavy atom. The zero-order valence-electron chi connectivity index (χ0n) is 19.8. The second-order valence-electron chi connectivity index (χ2n) is 9.26. The van der Waals surface area contributed by atoms with Crippen molar-refractivity contribution in [1.29, 1.82) is 0 Å². The third-order valence-corrected chi connectivity index (χ3v) is 6.85. The van der Waals surface area contributed by atoms with Gasteiger partial charge in [-0.2, -0.15) is 0 Å². The van der Waals surface area contributed by atoms with Crippen LogP contribution in [0.4, 0.5) is 15.8 Å². The maximum Gasteiger partial charge on any atom is 0.170 e. The van der Waals surface area contributed by atoms with Gasteiger partial charge in [0.25, 0.3) is 0 Å². The van der Waals surface area contributed by atoms with Crippen LogP contribution in [0, 0.1) is 11.7 Å². The first kappa shape index (κ1) is 24.2. The maximum atomic E-state index is 14.2. The molecule has 1 unspecified atom stereocenters. The largest absolute Gasteiger partial charge is 0.504 e. The van der Waals surface area contributed by atoms with E-state index in [1.807, 2.05) is 43.3 Å². The Morgan fingerprint density at radius 2 is 1.89 bits per heavy atom. The first-order chi connectivity index (χ1) is 17.4. The smallest absolute Gasteiger partial charge is 0.170 e. The molecule has 1 fully saturated rings. The summed E-state index contributed by atoms with van der Waals surface area (Å²) in [5.41, 5.74) is 4.58. The number of rotatable bonds is 8. The van der Waals surface area contributed by atoms with Gasteiger partial charge in [-0.3, -0.25) is 9.78 Å². The second kappa shape index (κ2) is 9.88. The monoisotopic (exact) mass is 504 g/mol. The lowest BCUT2D eigenvalue weighted by atomic mass is 9.98. The number of carbonyl (C=O) groups excluding carboxylic acids is 1. The van der Waals surface area contributed by atoms with Crippen molar-refractivity contribution in [1.82, 2.24) is 4.98 Å². The Hall–Kier alpha value is -3.48. The fourth-order valence-electron chi connectivity index (χ4n) is 4.36. The molecule has 1 aliphatic carbocycles. The van der Waals surface area contributed by atoms with Crippen molar-refractivity contribution in [2.45, 2.75) is 38.7 Å². The van der Waals surface area contributed by atoms with Gasteiger partial charge in [0.15, 0.2) is 17.3 Å². The summed E-state index contributed by atoms with van der Waals surface area (Å²) in [7, 11) is 0. The minimum absolute atomic E-state index is 0.00421. The number of fused-ring (bicyclic) bond motifs is 1. The van der Waals surface area contributed by atoms with Crippen LogP contribution < -0.4 is 5.32 Å². The summed E-state index contributed by atoms with van der Waals surface area (Å²) >= 11 is 6.01. The van der Waals surface area contributed by atoms with E-state index in [-0.39, 0.29) is 16.7 Å². The molecule has 5 nitrogen and oxygen atoms in total. The van der Waals surface area contributed by atoms with E-state index in [1.165, 1.54) is 12.1 Å². The van der Waals surface area contributed by atoms with Crippen molar-refractivity contribution in [3.05, 3.63) is 82.8 Å². The van der Waals surface area contributed by atoms with Crippen molar-refractivity contribution >= 4 is 39.7 Å². The zero-order valence-corrected chi connectivity index (χ0v) is 20.5. The number of phenolic OH excluding ortho intramolecular Hbond substituents is 1. The number of nitrogens with zero attached hydrogens (tertiary/aromatic N) is 1. The van der Waals surface area contributed by atoms with Crippen LogP contribution in [0.15, 0.2) is 60.8 Å². The van der Waals surface area contributed by atoms with Gasteiger partial charge in [-0.05, 0) is 72.4 Å². The molecule has 184 valence electrons. The molecule has 0 spiro atoms. The Labute approximate surface area is 213 Å². The van der Waals surface area contributed by atoms with Crippen LogP contribution in [0.1, 0.15) is 54.6 Å². The molecule has 3 aromatic carbocycles. The van der Waals surface area contributed by atoms with Gasteiger partial charge in [0.05, 0.1) is 27.9 Å². The lowest BCUT2D eigenvalue weighted by Crippen LogP contribution is -2.07. The summed E-state index contributed by atoms with van der Waals surface area (Å²) in [6.45, 7) is 2.03. The summed E-state index contributed by atoms with van der Waals surface area (Å²) < 4.78 is 14.2. The van der Waals surface area contributed by atoms with Crippen molar-refractivity contribution < 1.29 is 19.4 Å². The van der Waals surface area contributed by atoms with E-state index in [0.29, 0.717) is 39.7 Å². The van der Waals surface area contributed by atoms with Gasteiger partial charge in [-0.15, -0.1) is 0 Å². The number of ketones is 1. The molecule has 0 saturated heterocycles. The molecule has 7 heteroatoms. The van der Waals surface area contributed by atoms with Gasteiger partial charge < -0.3 is 15.5 Å². The molecule has 4 aromatic rings. The molecule has 5 rings (SSSR count). The number of aromatic nitrogens is 1. The minimum Gasteiger partial charge on any atom is -0.504 e. The zero-order chi connectivity index (χ0) is 25.4. The molecule has 0 bridgehead atoms. The molecule has 0 radical (unpaired) electrons. The number of aliphatic hydroxyl groups is 1. The number of phenols is 1. The second-order valence-corrected chi connectivity index (χ2v) is 9.66. The van der Waals surface area contributed by atoms with E-state index in [0.717, 1.165) is 30.5 Å². The average Bonchev–Trinajstić information content (AvgIpc) is 3.73. The molecule has 3 N–H and O–H groups in total. The molecular weight excluding hydrogens is 479 g/mol. The number of Topliss-reactive ketones (excluding diaryl/α,β-unsaturated/α-hetero) is 1. The Bertz CT molecular complexity index is 1430. The highest BCUT2D eigenvalue weighted by atomic mass is 35.5. The summed E-state index contributed by atoms with van der Waals surface area (Å²) in [5.74, 6) is -1.34. The lowest BCUT2D eigenvalue weighted by Gasteiger charge is -2.16. The highest BCUT2D eigenvalue weighted by molar-refractivity contribution is 6.32. The predicted octanol–water partition coefficient (Wildman–Crippen LogP) is 7.57. The van der Waals surface area contributed by atoms with Crippen LogP contribution in [-0.2, 0) is 0 Å². The van der Waals surface area contributed by atoms with Gasteiger partial charge in [0, 0.05) is 23.2 Å². The molecule has 36 heavy (non-hydrogen) atoms. The first-order valence-electron chi connectivity index (χ1n) is 12.1. The number of aliphatic hydroxyl groups excluding tert-OH is 1. The van der Waals surface area contributed by atoms with E-state index in [9.17, 15) is 19.4 Å². The van der Waals surface area contributed by atoms with Crippen molar-refractivity contribution in [3.8, 4) is 16.9 Å². The number of aromatic hydroxyl groups is 1. The highest BCUT2D eigenvalue weighted by Gasteiger charge is 2.32. The van der Waals surface area contributed by atoms with Crippen LogP contribution in [0.25, 0.3) is 22.0 Å². The number of anilines is 2. The van der Waals surface area contributed by atoms with E-state index in [2.05, 4.69) is 10.3 Å². The molecule has 0 amide bonds. The van der Waals surface area contributed by atoms with E-state index < -0.39 is 17.7 Å². The summed E-state index contributed by atoms with van der Waals surface area (Å²) in [4.78, 5) is 17.7. The van der Waals surface area contributed by atoms with Crippen LogP contribution in [0.5, 0.6) is 5.75 Å². The number of carbonyl (C=O) groups is 1. The van der Waals surface area contributed by atoms with Crippen molar-refractivity contribution in [2.24, 2.45) is 5.92 Å². The first-order valence-corrected chi connectivity index (χ1v) is 12.4. The van der Waals surface area contributed by atoms with Gasteiger partial charge in [0.1, 0.15) is 0 Å². The molecule has 1 saturated carbocycles. The third-order valence-electron chi connectivity index (χ3n) is 6.56. The van der Waals surface area contributed by atoms with Gasteiger partial charge in [-0.1, -0.05) is 43.1 Å². The molecular formula is C29H26ClFN2O3. The fourth-order valence-corrected chi connectivity index (χ4v) is 4.57. The standard InChI is InChI=1S/C29H26ClFN2O3/c1-2-3-26(34)16-6-9-20(10-7-16)33-27-21-12-18(19-13-23(30)29(36)24(31)14-19)8-11-25(21)32-15-22(27)28(35)17-4-5-17/h6-15,17,26,34,36H,2-5H2,1H3,(H,32,33). The third kappa shape index (κ3) is 4.79. The van der Waals surface area contributed by atoms with Gasteiger partial charge in [-0.25, -0.2) is 4.39 Å². The Morgan fingerprint density at radius 1 is 1.14 bits per heavy atom. The van der Waals surface area contributed by atoms with Crippen molar-refractivity contribution in [3.63, 3.8) is 0 Å². The van der Waals surface area contributed by atoms with Gasteiger partial charge >= 0.3 is 0 Å². The number of halogens is 2. The van der Waals surface area contributed by atoms with Gasteiger partial charge in [0.2, 0.25) is 0 Å². The maximum absolute atomic E-state index is 14.2. The number of benzene rings is 3. The molecule has 0 aliphatic heterocycles. The number of hydrogen-bond acceptors (Lipinski definition) is 5. The molecule has 1 heterocycles. The number of pyridine rings is 1. The minimum atomic E-state index is -0.808. The fraction of sp³-hybridized carbons (Fsp3) is 0.241. The summed E-state index contributed by atoms with van der Waals surface area (Å²) in [5, 5.41) is 24.0. The SMILES string of the molecule is CCCC(O)c1ccc(Nc2c(C(=O)C3CC3)cnc3ccc(-c4cc(F)c(O)c(Cl)c4)cc23)cc1. The van der Waals surface area contributed by atoms with Crippen LogP contribution in [-0.4, -0.2) is 21.0 Å².